The second kappa shape index (κ2) is 7.51. The van der Waals surface area contributed by atoms with E-state index in [9.17, 15) is 28.7 Å². The number of nitrogens with zero attached hydrogens (tertiary/aromatic N) is 2. The number of benzene rings is 1. The van der Waals surface area contributed by atoms with E-state index in [0.29, 0.717) is 5.69 Å². The van der Waals surface area contributed by atoms with Crippen molar-refractivity contribution < 1.29 is 28.7 Å². The highest BCUT2D eigenvalue weighted by Crippen LogP contribution is 2.60. The number of hydrogen-bond donors (Lipinski definition) is 4. The van der Waals surface area contributed by atoms with E-state index in [4.69, 9.17) is 0 Å². The fraction of sp³-hybridized carbons (Fsp3) is 0.214. The largest absolute Gasteiger partial charge is 0.362 e. The van der Waals surface area contributed by atoms with Crippen molar-refractivity contribution in [1.29, 1.82) is 0 Å². The standard InChI is InChI=1S/C14H18N2O6P2S/c1-3-8-16-12(11-6-4-10(2)5-7-11)9-25-13(16)15-14(23(17,18)19)24(20,21)22/h3-7,9,14H,1,8H2,2H3,(H2,17,18,19)(H2,20,21,22). The molecular formula is C14H18N2O6P2S. The van der Waals surface area contributed by atoms with Gasteiger partial charge >= 0.3 is 15.2 Å². The molecule has 0 unspecified atom stereocenters. The van der Waals surface area contributed by atoms with Crippen LogP contribution in [0.2, 0.25) is 0 Å². The van der Waals surface area contributed by atoms with Gasteiger partial charge in [0.2, 0.25) is 0 Å². The summed E-state index contributed by atoms with van der Waals surface area (Å²) >= 11 is 1.04. The summed E-state index contributed by atoms with van der Waals surface area (Å²) in [5.74, 6) is 0. The molecule has 11 heteroatoms. The van der Waals surface area contributed by atoms with Crippen LogP contribution in [-0.4, -0.2) is 29.7 Å². The molecule has 2 rings (SSSR count). The molecule has 0 saturated heterocycles. The first-order valence-corrected chi connectivity index (χ1v) is 11.3. The Morgan fingerprint density at radius 3 is 2.24 bits per heavy atom. The lowest BCUT2D eigenvalue weighted by molar-refractivity contribution is 0.339. The number of aryl methyl sites for hydroxylation is 1. The highest BCUT2D eigenvalue weighted by Gasteiger charge is 2.43. The number of thiazole rings is 1. The Kier molecular flexibility index (Phi) is 6.01. The van der Waals surface area contributed by atoms with E-state index in [1.54, 1.807) is 16.0 Å². The van der Waals surface area contributed by atoms with Crippen molar-refractivity contribution in [3.63, 3.8) is 0 Å². The Hall–Kier alpha value is -1.31. The molecule has 4 N–H and O–H groups in total. The molecule has 0 aliphatic rings. The quantitative estimate of drug-likeness (QED) is 0.431. The summed E-state index contributed by atoms with van der Waals surface area (Å²) in [5, 5.41) is 1.71. The van der Waals surface area contributed by atoms with Gasteiger partial charge in [0, 0.05) is 11.9 Å². The van der Waals surface area contributed by atoms with E-state index in [0.717, 1.165) is 22.5 Å². The normalized spacial score (nSPS) is 13.4. The Morgan fingerprint density at radius 1 is 1.20 bits per heavy atom. The van der Waals surface area contributed by atoms with E-state index in [-0.39, 0.29) is 11.3 Å². The van der Waals surface area contributed by atoms with E-state index in [2.05, 4.69) is 11.6 Å². The molecule has 0 atom stereocenters. The fourth-order valence-electron chi connectivity index (χ4n) is 2.14. The van der Waals surface area contributed by atoms with Crippen molar-refractivity contribution >= 4 is 26.5 Å². The third-order valence-corrected chi connectivity index (χ3v) is 7.40. The molecule has 0 aliphatic carbocycles. The predicted molar refractivity (Wildman–Crippen MR) is 96.1 cm³/mol. The van der Waals surface area contributed by atoms with Crippen LogP contribution in [0.4, 0.5) is 0 Å². The van der Waals surface area contributed by atoms with E-state index < -0.39 is 20.7 Å². The first-order valence-electron chi connectivity index (χ1n) is 7.04. The van der Waals surface area contributed by atoms with E-state index >= 15 is 0 Å². The summed E-state index contributed by atoms with van der Waals surface area (Å²) in [4.78, 5) is 40.8. The Bertz CT molecular complexity index is 900. The van der Waals surface area contributed by atoms with Crippen LogP contribution in [0.5, 0.6) is 0 Å². The van der Waals surface area contributed by atoms with Crippen molar-refractivity contribution in [2.45, 2.75) is 19.0 Å². The smallest absolute Gasteiger partial charge is 0.322 e. The molecule has 8 nitrogen and oxygen atoms in total. The predicted octanol–water partition coefficient (Wildman–Crippen LogP) is 2.25. The van der Waals surface area contributed by atoms with Crippen LogP contribution in [0, 0.1) is 6.92 Å². The average molecular weight is 404 g/mol. The molecule has 0 amide bonds. The molecule has 1 aromatic carbocycles. The van der Waals surface area contributed by atoms with Crippen LogP contribution in [0.15, 0.2) is 47.3 Å². The molecule has 1 aromatic heterocycles. The zero-order valence-corrected chi connectivity index (χ0v) is 15.9. The molecule has 1 heterocycles. The van der Waals surface area contributed by atoms with Crippen LogP contribution >= 0.6 is 26.5 Å². The van der Waals surface area contributed by atoms with Gasteiger partial charge in [-0.25, -0.2) is 4.99 Å². The number of aromatic nitrogens is 1. The summed E-state index contributed by atoms with van der Waals surface area (Å²) in [5.41, 5.74) is 0.190. The Morgan fingerprint density at radius 2 is 1.76 bits per heavy atom. The van der Waals surface area contributed by atoms with Crippen molar-refractivity contribution in [2.75, 3.05) is 0 Å². The van der Waals surface area contributed by atoms with Gasteiger partial charge in [-0.2, -0.15) is 0 Å². The molecule has 0 spiro atoms. The highest BCUT2D eigenvalue weighted by molar-refractivity contribution is 7.70. The van der Waals surface area contributed by atoms with Crippen LogP contribution in [-0.2, 0) is 15.7 Å². The van der Waals surface area contributed by atoms with Gasteiger partial charge in [-0.1, -0.05) is 35.9 Å². The molecule has 0 saturated carbocycles. The average Bonchev–Trinajstić information content (AvgIpc) is 2.86. The molecular weight excluding hydrogens is 386 g/mol. The molecule has 0 radical (unpaired) electrons. The van der Waals surface area contributed by atoms with Crippen molar-refractivity contribution in [1.82, 2.24) is 4.57 Å². The number of allylic oxidation sites excluding steroid dienone is 1. The van der Waals surface area contributed by atoms with Gasteiger partial charge in [0.15, 0.2) is 4.80 Å². The highest BCUT2D eigenvalue weighted by atomic mass is 32.1. The van der Waals surface area contributed by atoms with Gasteiger partial charge in [0.05, 0.1) is 5.69 Å². The second-order valence-corrected chi connectivity index (χ2v) is 9.90. The maximum absolute atomic E-state index is 11.4. The molecule has 136 valence electrons. The lowest BCUT2D eigenvalue weighted by Crippen LogP contribution is -2.19. The lowest BCUT2D eigenvalue weighted by Gasteiger charge is -2.15. The molecule has 25 heavy (non-hydrogen) atoms. The summed E-state index contributed by atoms with van der Waals surface area (Å²) in [6.45, 7) is 5.85. The summed E-state index contributed by atoms with van der Waals surface area (Å²) in [7, 11) is -10.3. The maximum Gasteiger partial charge on any atom is 0.362 e. The van der Waals surface area contributed by atoms with Crippen molar-refractivity contribution in [3.8, 4) is 11.3 Å². The lowest BCUT2D eigenvalue weighted by atomic mass is 10.1. The van der Waals surface area contributed by atoms with Crippen LogP contribution < -0.4 is 4.80 Å². The third kappa shape index (κ3) is 4.86. The summed E-state index contributed by atoms with van der Waals surface area (Å²) in [6.07, 6.45) is 1.56. The minimum atomic E-state index is -5.13. The van der Waals surface area contributed by atoms with Crippen LogP contribution in [0.3, 0.4) is 0 Å². The van der Waals surface area contributed by atoms with Gasteiger partial charge < -0.3 is 24.1 Å². The zero-order chi connectivity index (χ0) is 18.8. The van der Waals surface area contributed by atoms with Gasteiger partial charge in [-0.3, -0.25) is 9.13 Å². The molecule has 0 aliphatic heterocycles. The molecule has 2 aromatic rings. The topological polar surface area (TPSA) is 132 Å². The van der Waals surface area contributed by atoms with Crippen molar-refractivity contribution in [2.24, 2.45) is 4.99 Å². The number of rotatable bonds is 6. The van der Waals surface area contributed by atoms with Crippen molar-refractivity contribution in [3.05, 3.63) is 52.7 Å². The van der Waals surface area contributed by atoms with Gasteiger partial charge in [0.1, 0.15) is 0 Å². The Labute approximate surface area is 148 Å². The SMILES string of the molecule is C=CCn1c(-c2ccc(C)cc2)csc1=NC(P(=O)(O)O)P(=O)(O)O. The minimum absolute atomic E-state index is 0.0899. The maximum atomic E-state index is 11.4. The van der Waals surface area contributed by atoms with Gasteiger partial charge in [-0.05, 0) is 12.5 Å². The first kappa shape index (κ1) is 20.0. The minimum Gasteiger partial charge on any atom is -0.322 e. The van der Waals surface area contributed by atoms with E-state index in [1.165, 1.54) is 0 Å². The molecule has 0 fully saturated rings. The van der Waals surface area contributed by atoms with Crippen LogP contribution in [0.1, 0.15) is 5.56 Å². The first-order chi connectivity index (χ1) is 11.5. The third-order valence-electron chi connectivity index (χ3n) is 3.28. The number of hydrogen-bond acceptors (Lipinski definition) is 4. The second-order valence-electron chi connectivity index (χ2n) is 5.32. The Balaban J connectivity index is 2.66. The van der Waals surface area contributed by atoms with E-state index in [1.807, 2.05) is 31.2 Å². The van der Waals surface area contributed by atoms with Gasteiger partial charge in [-0.15, -0.1) is 17.9 Å². The van der Waals surface area contributed by atoms with Gasteiger partial charge in [0.25, 0.3) is 5.52 Å². The summed E-state index contributed by atoms with van der Waals surface area (Å²) in [6, 6.07) is 7.58. The fourth-order valence-corrected chi connectivity index (χ4v) is 5.33. The zero-order valence-electron chi connectivity index (χ0n) is 13.3. The molecule has 0 bridgehead atoms. The van der Waals surface area contributed by atoms with Crippen LogP contribution in [0.25, 0.3) is 11.3 Å². The monoisotopic (exact) mass is 404 g/mol. The summed E-state index contributed by atoms with van der Waals surface area (Å²) < 4.78 is 24.5.